The van der Waals surface area contributed by atoms with Crippen molar-refractivity contribution in [3.8, 4) is 22.6 Å². The highest BCUT2D eigenvalue weighted by Crippen LogP contribution is 2.29. The van der Waals surface area contributed by atoms with E-state index in [4.69, 9.17) is 0 Å². The van der Waals surface area contributed by atoms with Crippen molar-refractivity contribution in [1.82, 2.24) is 20.3 Å². The molecule has 0 unspecified atom stereocenters. The zero-order valence-corrected chi connectivity index (χ0v) is 13.2. The second-order valence-electron chi connectivity index (χ2n) is 5.67. The maximum atomic E-state index is 13.6. The molecule has 0 aliphatic heterocycles. The minimum atomic E-state index is -0.278. The number of hydrogen-bond acceptors (Lipinski definition) is 3. The van der Waals surface area contributed by atoms with Crippen LogP contribution in [-0.4, -0.2) is 21.0 Å². The van der Waals surface area contributed by atoms with Gasteiger partial charge in [-0.3, -0.25) is 4.98 Å². The Labute approximate surface area is 134 Å². The molecule has 1 aromatic carbocycles. The number of halogens is 1. The Hall–Kier alpha value is -2.53. The average molecular weight is 310 g/mol. The highest BCUT2D eigenvalue weighted by atomic mass is 19.1. The number of benzene rings is 1. The van der Waals surface area contributed by atoms with E-state index >= 15 is 0 Å². The van der Waals surface area contributed by atoms with Crippen LogP contribution < -0.4 is 5.32 Å². The predicted molar refractivity (Wildman–Crippen MR) is 89.2 cm³/mol. The van der Waals surface area contributed by atoms with Crippen molar-refractivity contribution < 1.29 is 4.39 Å². The molecule has 0 fully saturated rings. The lowest BCUT2D eigenvalue weighted by Crippen LogP contribution is -2.22. The van der Waals surface area contributed by atoms with Crippen molar-refractivity contribution in [1.29, 1.82) is 0 Å². The first-order valence-electron chi connectivity index (χ1n) is 7.63. The van der Waals surface area contributed by atoms with Crippen LogP contribution in [-0.2, 0) is 6.54 Å². The Kier molecular flexibility index (Phi) is 4.48. The molecule has 2 N–H and O–H groups in total. The van der Waals surface area contributed by atoms with E-state index in [2.05, 4.69) is 34.1 Å². The van der Waals surface area contributed by atoms with Gasteiger partial charge in [-0.1, -0.05) is 32.0 Å². The molecule has 3 rings (SSSR count). The Morgan fingerprint density at radius 2 is 2.04 bits per heavy atom. The number of aromatic amines is 1. The summed E-state index contributed by atoms with van der Waals surface area (Å²) in [6, 6.07) is 12.5. The Bertz CT molecular complexity index is 781. The van der Waals surface area contributed by atoms with Crippen LogP contribution in [0.25, 0.3) is 22.6 Å². The van der Waals surface area contributed by atoms with E-state index in [1.165, 1.54) is 12.1 Å². The largest absolute Gasteiger partial charge is 0.339 e. The monoisotopic (exact) mass is 310 g/mol. The van der Waals surface area contributed by atoms with Gasteiger partial charge < -0.3 is 10.3 Å². The van der Waals surface area contributed by atoms with E-state index in [0.29, 0.717) is 18.3 Å². The van der Waals surface area contributed by atoms with Crippen molar-refractivity contribution in [2.75, 3.05) is 0 Å². The van der Waals surface area contributed by atoms with Crippen molar-refractivity contribution in [3.63, 3.8) is 0 Å². The van der Waals surface area contributed by atoms with Gasteiger partial charge in [-0.2, -0.15) is 0 Å². The summed E-state index contributed by atoms with van der Waals surface area (Å²) in [5, 5.41) is 3.33. The van der Waals surface area contributed by atoms with Crippen LogP contribution in [0.1, 0.15) is 19.7 Å². The third-order valence-electron chi connectivity index (χ3n) is 3.45. The number of H-pyrrole nitrogens is 1. The summed E-state index contributed by atoms with van der Waals surface area (Å²) in [5.41, 5.74) is 3.04. The van der Waals surface area contributed by atoms with E-state index in [0.717, 1.165) is 22.8 Å². The van der Waals surface area contributed by atoms with Gasteiger partial charge in [0.25, 0.3) is 0 Å². The van der Waals surface area contributed by atoms with Gasteiger partial charge in [-0.15, -0.1) is 0 Å². The maximum Gasteiger partial charge on any atom is 0.123 e. The standard InChI is InChI=1S/C18H19FN4/c1-12(2)21-11-16-22-17(13-6-5-7-14(19)10-13)18(23-16)15-8-3-4-9-20-15/h3-10,12,21H,11H2,1-2H3,(H,22,23). The molecule has 5 heteroatoms. The van der Waals surface area contributed by atoms with E-state index in [1.807, 2.05) is 24.3 Å². The highest BCUT2D eigenvalue weighted by Gasteiger charge is 2.15. The van der Waals surface area contributed by atoms with Gasteiger partial charge in [0.1, 0.15) is 11.6 Å². The number of rotatable bonds is 5. The maximum absolute atomic E-state index is 13.6. The van der Waals surface area contributed by atoms with E-state index in [9.17, 15) is 4.39 Å². The topological polar surface area (TPSA) is 53.6 Å². The first-order chi connectivity index (χ1) is 11.1. The van der Waals surface area contributed by atoms with Crippen LogP contribution >= 0.6 is 0 Å². The Morgan fingerprint density at radius 1 is 1.17 bits per heavy atom. The minimum Gasteiger partial charge on any atom is -0.339 e. The minimum absolute atomic E-state index is 0.278. The average Bonchev–Trinajstić information content (AvgIpc) is 2.98. The molecular weight excluding hydrogens is 291 g/mol. The first-order valence-corrected chi connectivity index (χ1v) is 7.63. The molecule has 2 aromatic heterocycles. The second kappa shape index (κ2) is 6.71. The van der Waals surface area contributed by atoms with Crippen LogP contribution in [0, 0.1) is 5.82 Å². The molecule has 0 saturated heterocycles. The Morgan fingerprint density at radius 3 is 2.74 bits per heavy atom. The Balaban J connectivity index is 2.05. The molecule has 0 bridgehead atoms. The summed E-state index contributed by atoms with van der Waals surface area (Å²) in [5.74, 6) is 0.526. The summed E-state index contributed by atoms with van der Waals surface area (Å²) >= 11 is 0. The zero-order valence-electron chi connectivity index (χ0n) is 13.2. The molecule has 2 heterocycles. The summed E-state index contributed by atoms with van der Waals surface area (Å²) < 4.78 is 13.6. The lowest BCUT2D eigenvalue weighted by atomic mass is 10.1. The smallest absolute Gasteiger partial charge is 0.123 e. The first kappa shape index (κ1) is 15.4. The fourth-order valence-electron chi connectivity index (χ4n) is 2.35. The van der Waals surface area contributed by atoms with Gasteiger partial charge in [-0.25, -0.2) is 9.37 Å². The molecule has 4 nitrogen and oxygen atoms in total. The van der Waals surface area contributed by atoms with Gasteiger partial charge in [0.15, 0.2) is 0 Å². The van der Waals surface area contributed by atoms with Crippen molar-refractivity contribution in [3.05, 3.63) is 60.3 Å². The van der Waals surface area contributed by atoms with E-state index in [-0.39, 0.29) is 5.82 Å². The summed E-state index contributed by atoms with van der Waals surface area (Å²) in [6.45, 7) is 4.78. The van der Waals surface area contributed by atoms with Gasteiger partial charge >= 0.3 is 0 Å². The van der Waals surface area contributed by atoms with Crippen LogP contribution in [0.3, 0.4) is 0 Å². The van der Waals surface area contributed by atoms with Gasteiger partial charge in [0.05, 0.1) is 23.6 Å². The molecule has 0 aliphatic rings. The summed E-state index contributed by atoms with van der Waals surface area (Å²) in [4.78, 5) is 12.3. The molecule has 0 aliphatic carbocycles. The second-order valence-corrected chi connectivity index (χ2v) is 5.67. The highest BCUT2D eigenvalue weighted by molar-refractivity contribution is 5.76. The van der Waals surface area contributed by atoms with Crippen molar-refractivity contribution in [2.24, 2.45) is 0 Å². The lowest BCUT2D eigenvalue weighted by molar-refractivity contribution is 0.575. The van der Waals surface area contributed by atoms with E-state index < -0.39 is 0 Å². The molecule has 0 radical (unpaired) electrons. The number of nitrogens with one attached hydrogen (secondary N) is 2. The van der Waals surface area contributed by atoms with Crippen molar-refractivity contribution in [2.45, 2.75) is 26.4 Å². The summed E-state index contributed by atoms with van der Waals surface area (Å²) in [6.07, 6.45) is 1.73. The van der Waals surface area contributed by atoms with Crippen LogP contribution in [0.5, 0.6) is 0 Å². The van der Waals surface area contributed by atoms with E-state index in [1.54, 1.807) is 12.3 Å². The summed E-state index contributed by atoms with van der Waals surface area (Å²) in [7, 11) is 0. The lowest BCUT2D eigenvalue weighted by Gasteiger charge is -2.04. The molecular formula is C18H19FN4. The van der Waals surface area contributed by atoms with Crippen LogP contribution in [0.15, 0.2) is 48.7 Å². The molecule has 23 heavy (non-hydrogen) atoms. The third-order valence-corrected chi connectivity index (χ3v) is 3.45. The molecule has 0 saturated carbocycles. The zero-order chi connectivity index (χ0) is 16.2. The van der Waals surface area contributed by atoms with Gasteiger partial charge in [-0.05, 0) is 24.3 Å². The molecule has 0 spiro atoms. The molecule has 0 atom stereocenters. The number of aromatic nitrogens is 3. The van der Waals surface area contributed by atoms with Crippen molar-refractivity contribution >= 4 is 0 Å². The van der Waals surface area contributed by atoms with Crippen LogP contribution in [0.4, 0.5) is 4.39 Å². The SMILES string of the molecule is CC(C)NCc1nc(-c2cccc(F)c2)c(-c2ccccn2)[nH]1. The number of nitrogens with zero attached hydrogens (tertiary/aromatic N) is 2. The number of imidazole rings is 1. The normalized spacial score (nSPS) is 11.1. The molecule has 3 aromatic rings. The fourth-order valence-corrected chi connectivity index (χ4v) is 2.35. The molecule has 0 amide bonds. The fraction of sp³-hybridized carbons (Fsp3) is 0.222. The van der Waals surface area contributed by atoms with Gasteiger partial charge in [0, 0.05) is 17.8 Å². The van der Waals surface area contributed by atoms with Crippen LogP contribution in [0.2, 0.25) is 0 Å². The quantitative estimate of drug-likeness (QED) is 0.754. The number of hydrogen-bond donors (Lipinski definition) is 2. The third kappa shape index (κ3) is 3.63. The number of pyridine rings is 1. The predicted octanol–water partition coefficient (Wildman–Crippen LogP) is 3.78. The van der Waals surface area contributed by atoms with Gasteiger partial charge in [0.2, 0.25) is 0 Å². The molecule has 118 valence electrons.